The van der Waals surface area contributed by atoms with E-state index in [9.17, 15) is 4.79 Å². The maximum atomic E-state index is 11.9. The SMILES string of the molecule is CCC(CCO)CNC(=O)c1cccc(Cl)c1Cl. The number of carbonyl (C=O) groups excluding carboxylic acids is 1. The van der Waals surface area contributed by atoms with Gasteiger partial charge in [0.1, 0.15) is 0 Å². The van der Waals surface area contributed by atoms with Crippen LogP contribution in [0.15, 0.2) is 18.2 Å². The number of amides is 1. The van der Waals surface area contributed by atoms with Gasteiger partial charge in [0, 0.05) is 13.2 Å². The summed E-state index contributed by atoms with van der Waals surface area (Å²) in [5.74, 6) is 0.0378. The Morgan fingerprint density at radius 2 is 2.17 bits per heavy atom. The molecule has 1 amide bonds. The second-order valence-electron chi connectivity index (χ2n) is 4.10. The molecule has 0 aliphatic carbocycles. The second kappa shape index (κ2) is 7.62. The average molecular weight is 290 g/mol. The Bertz CT molecular complexity index is 410. The molecule has 0 heterocycles. The standard InChI is InChI=1S/C13H17Cl2NO2/c1-2-9(6-7-17)8-16-13(18)10-4-3-5-11(14)12(10)15/h3-5,9,17H,2,6-8H2,1H3,(H,16,18). The number of rotatable bonds is 6. The smallest absolute Gasteiger partial charge is 0.252 e. The number of nitrogens with one attached hydrogen (secondary N) is 1. The van der Waals surface area contributed by atoms with E-state index in [-0.39, 0.29) is 23.5 Å². The molecule has 0 spiro atoms. The molecule has 1 aromatic carbocycles. The molecule has 2 N–H and O–H groups in total. The van der Waals surface area contributed by atoms with E-state index in [1.54, 1.807) is 18.2 Å². The molecular weight excluding hydrogens is 273 g/mol. The van der Waals surface area contributed by atoms with Gasteiger partial charge in [0.15, 0.2) is 0 Å². The van der Waals surface area contributed by atoms with Crippen molar-refractivity contribution in [2.75, 3.05) is 13.2 Å². The molecule has 0 fully saturated rings. The van der Waals surface area contributed by atoms with Crippen LogP contribution in [-0.4, -0.2) is 24.2 Å². The van der Waals surface area contributed by atoms with E-state index < -0.39 is 0 Å². The molecule has 100 valence electrons. The monoisotopic (exact) mass is 289 g/mol. The Kier molecular flexibility index (Phi) is 6.47. The summed E-state index contributed by atoms with van der Waals surface area (Å²) >= 11 is 11.8. The molecule has 0 bridgehead atoms. The van der Waals surface area contributed by atoms with Gasteiger partial charge in [0.25, 0.3) is 5.91 Å². The van der Waals surface area contributed by atoms with Gasteiger partial charge < -0.3 is 10.4 Å². The van der Waals surface area contributed by atoms with Gasteiger partial charge in [-0.15, -0.1) is 0 Å². The Morgan fingerprint density at radius 3 is 2.78 bits per heavy atom. The van der Waals surface area contributed by atoms with Crippen LogP contribution in [0.25, 0.3) is 0 Å². The van der Waals surface area contributed by atoms with Crippen molar-refractivity contribution in [3.8, 4) is 0 Å². The van der Waals surface area contributed by atoms with Crippen molar-refractivity contribution in [2.24, 2.45) is 5.92 Å². The summed E-state index contributed by atoms with van der Waals surface area (Å²) in [5.41, 5.74) is 0.378. The first-order chi connectivity index (χ1) is 8.60. The van der Waals surface area contributed by atoms with Gasteiger partial charge in [-0.1, -0.05) is 42.6 Å². The molecule has 18 heavy (non-hydrogen) atoms. The van der Waals surface area contributed by atoms with Crippen LogP contribution in [0.3, 0.4) is 0 Å². The fraction of sp³-hybridized carbons (Fsp3) is 0.462. The van der Waals surface area contributed by atoms with E-state index in [0.29, 0.717) is 23.6 Å². The van der Waals surface area contributed by atoms with Gasteiger partial charge in [0.05, 0.1) is 15.6 Å². The lowest BCUT2D eigenvalue weighted by Gasteiger charge is -2.14. The van der Waals surface area contributed by atoms with Crippen LogP contribution in [-0.2, 0) is 0 Å². The summed E-state index contributed by atoms with van der Waals surface area (Å²) in [6, 6.07) is 4.96. The van der Waals surface area contributed by atoms with E-state index in [2.05, 4.69) is 5.32 Å². The molecule has 1 atom stereocenters. The molecule has 0 aliphatic heterocycles. The summed E-state index contributed by atoms with van der Waals surface area (Å²) in [5, 5.41) is 12.3. The maximum Gasteiger partial charge on any atom is 0.252 e. The number of aliphatic hydroxyl groups is 1. The number of aliphatic hydroxyl groups excluding tert-OH is 1. The van der Waals surface area contributed by atoms with Crippen LogP contribution in [0.4, 0.5) is 0 Å². The fourth-order valence-corrected chi connectivity index (χ4v) is 2.03. The lowest BCUT2D eigenvalue weighted by atomic mass is 10.0. The summed E-state index contributed by atoms with van der Waals surface area (Å²) in [6.45, 7) is 2.68. The summed E-state index contributed by atoms with van der Waals surface area (Å²) in [6.07, 6.45) is 1.59. The molecule has 3 nitrogen and oxygen atoms in total. The minimum atomic E-state index is -0.237. The number of hydrogen-bond donors (Lipinski definition) is 2. The minimum Gasteiger partial charge on any atom is -0.396 e. The highest BCUT2D eigenvalue weighted by Crippen LogP contribution is 2.25. The van der Waals surface area contributed by atoms with Crippen molar-refractivity contribution in [2.45, 2.75) is 19.8 Å². The van der Waals surface area contributed by atoms with Gasteiger partial charge in [0.2, 0.25) is 0 Å². The number of halogens is 2. The van der Waals surface area contributed by atoms with Gasteiger partial charge in [-0.05, 0) is 24.5 Å². The van der Waals surface area contributed by atoms with Gasteiger partial charge in [-0.2, -0.15) is 0 Å². The Labute approximate surface area is 117 Å². The highest BCUT2D eigenvalue weighted by molar-refractivity contribution is 6.43. The van der Waals surface area contributed by atoms with Crippen molar-refractivity contribution in [1.82, 2.24) is 5.32 Å². The lowest BCUT2D eigenvalue weighted by Crippen LogP contribution is -2.29. The van der Waals surface area contributed by atoms with E-state index in [4.69, 9.17) is 28.3 Å². The maximum absolute atomic E-state index is 11.9. The predicted octanol–water partition coefficient (Wildman–Crippen LogP) is 3.13. The predicted molar refractivity (Wildman–Crippen MR) is 74.3 cm³/mol. The lowest BCUT2D eigenvalue weighted by molar-refractivity contribution is 0.0943. The highest BCUT2D eigenvalue weighted by Gasteiger charge is 2.14. The van der Waals surface area contributed by atoms with Crippen LogP contribution in [0.2, 0.25) is 10.0 Å². The van der Waals surface area contributed by atoms with Crippen LogP contribution in [0.5, 0.6) is 0 Å². The van der Waals surface area contributed by atoms with E-state index >= 15 is 0 Å². The molecular formula is C13H17Cl2NO2. The molecule has 1 aromatic rings. The first kappa shape index (κ1) is 15.3. The van der Waals surface area contributed by atoms with Crippen LogP contribution in [0.1, 0.15) is 30.1 Å². The summed E-state index contributed by atoms with van der Waals surface area (Å²) < 4.78 is 0. The van der Waals surface area contributed by atoms with Gasteiger partial charge in [-0.3, -0.25) is 4.79 Å². The number of hydrogen-bond acceptors (Lipinski definition) is 2. The zero-order valence-electron chi connectivity index (χ0n) is 10.2. The average Bonchev–Trinajstić information content (AvgIpc) is 2.37. The molecule has 0 radical (unpaired) electrons. The Hall–Kier alpha value is -0.770. The van der Waals surface area contributed by atoms with Crippen molar-refractivity contribution in [1.29, 1.82) is 0 Å². The van der Waals surface area contributed by atoms with Crippen molar-refractivity contribution < 1.29 is 9.90 Å². The number of benzene rings is 1. The molecule has 0 saturated heterocycles. The quantitative estimate of drug-likeness (QED) is 0.845. The van der Waals surface area contributed by atoms with Gasteiger partial charge >= 0.3 is 0 Å². The van der Waals surface area contributed by atoms with E-state index in [1.807, 2.05) is 6.92 Å². The molecule has 0 aromatic heterocycles. The zero-order valence-corrected chi connectivity index (χ0v) is 11.8. The fourth-order valence-electron chi connectivity index (χ4n) is 1.64. The Balaban J connectivity index is 2.62. The highest BCUT2D eigenvalue weighted by atomic mass is 35.5. The normalized spacial score (nSPS) is 12.2. The summed E-state index contributed by atoms with van der Waals surface area (Å²) in [4.78, 5) is 11.9. The van der Waals surface area contributed by atoms with Crippen molar-refractivity contribution in [3.63, 3.8) is 0 Å². The first-order valence-corrected chi connectivity index (χ1v) is 6.68. The molecule has 1 rings (SSSR count). The molecule has 0 saturated carbocycles. The minimum absolute atomic E-state index is 0.131. The zero-order chi connectivity index (χ0) is 13.5. The molecule has 5 heteroatoms. The third-order valence-corrected chi connectivity index (χ3v) is 3.68. The second-order valence-corrected chi connectivity index (χ2v) is 4.88. The van der Waals surface area contributed by atoms with E-state index in [1.165, 1.54) is 0 Å². The van der Waals surface area contributed by atoms with Crippen molar-refractivity contribution in [3.05, 3.63) is 33.8 Å². The summed E-state index contributed by atoms with van der Waals surface area (Å²) in [7, 11) is 0. The molecule has 0 aliphatic rings. The topological polar surface area (TPSA) is 49.3 Å². The van der Waals surface area contributed by atoms with E-state index in [0.717, 1.165) is 6.42 Å². The van der Waals surface area contributed by atoms with Crippen molar-refractivity contribution >= 4 is 29.1 Å². The number of carbonyl (C=O) groups is 1. The van der Waals surface area contributed by atoms with Crippen LogP contribution in [0, 0.1) is 5.92 Å². The van der Waals surface area contributed by atoms with Crippen LogP contribution >= 0.6 is 23.2 Å². The largest absolute Gasteiger partial charge is 0.396 e. The Morgan fingerprint density at radius 1 is 1.44 bits per heavy atom. The first-order valence-electron chi connectivity index (χ1n) is 5.93. The third-order valence-electron chi connectivity index (χ3n) is 2.86. The van der Waals surface area contributed by atoms with Crippen LogP contribution < -0.4 is 5.32 Å². The van der Waals surface area contributed by atoms with Gasteiger partial charge in [-0.25, -0.2) is 0 Å². The molecule has 1 unspecified atom stereocenters. The third kappa shape index (κ3) is 4.16.